The first-order valence-corrected chi connectivity index (χ1v) is 4.86. The summed E-state index contributed by atoms with van der Waals surface area (Å²) >= 11 is 0. The highest BCUT2D eigenvalue weighted by molar-refractivity contribution is 5.68. The van der Waals surface area contributed by atoms with Crippen molar-refractivity contribution >= 4 is 5.97 Å². The third-order valence-corrected chi connectivity index (χ3v) is 1.94. The molecule has 1 aliphatic heterocycles. The summed E-state index contributed by atoms with van der Waals surface area (Å²) in [5.74, 6) is -0.122. The van der Waals surface area contributed by atoms with Crippen molar-refractivity contribution in [2.24, 2.45) is 0 Å². The highest BCUT2D eigenvalue weighted by atomic mass is 16.7. The van der Waals surface area contributed by atoms with E-state index in [-0.39, 0.29) is 5.97 Å². The number of rotatable bonds is 4. The normalized spacial score (nSPS) is 18.5. The van der Waals surface area contributed by atoms with Gasteiger partial charge in [-0.05, 0) is 6.42 Å². The molecule has 0 unspecified atom stereocenters. The molecule has 4 heteroatoms. The largest absolute Gasteiger partial charge is 0.379 e. The molecule has 0 aromatic carbocycles. The molecule has 1 aliphatic rings. The molecule has 4 nitrogen and oxygen atoms in total. The van der Waals surface area contributed by atoms with Crippen molar-refractivity contribution in [1.29, 1.82) is 0 Å². The van der Waals surface area contributed by atoms with Gasteiger partial charge < -0.3 is 9.57 Å². The lowest BCUT2D eigenvalue weighted by Gasteiger charge is -2.24. The molecular weight excluding hydrogens is 170 g/mol. The van der Waals surface area contributed by atoms with Crippen LogP contribution in [0.4, 0.5) is 0 Å². The number of ether oxygens (including phenoxy) is 1. The summed E-state index contributed by atoms with van der Waals surface area (Å²) in [7, 11) is 0. The highest BCUT2D eigenvalue weighted by Gasteiger charge is 2.14. The molecule has 0 aromatic rings. The van der Waals surface area contributed by atoms with E-state index >= 15 is 0 Å². The number of hydrogen-bond donors (Lipinski definition) is 0. The van der Waals surface area contributed by atoms with Crippen molar-refractivity contribution in [3.05, 3.63) is 0 Å². The molecule has 0 saturated carbocycles. The molecule has 0 amide bonds. The Bertz CT molecular complexity index is 155. The van der Waals surface area contributed by atoms with Gasteiger partial charge in [-0.2, -0.15) is 0 Å². The third-order valence-electron chi connectivity index (χ3n) is 1.94. The first-order valence-electron chi connectivity index (χ1n) is 4.86. The number of hydrogen-bond acceptors (Lipinski definition) is 4. The Morgan fingerprint density at radius 1 is 1.46 bits per heavy atom. The van der Waals surface area contributed by atoms with E-state index in [4.69, 9.17) is 9.57 Å². The zero-order chi connectivity index (χ0) is 9.52. The summed E-state index contributed by atoms with van der Waals surface area (Å²) in [6, 6.07) is 0. The summed E-state index contributed by atoms with van der Waals surface area (Å²) < 4.78 is 5.13. The molecule has 1 saturated heterocycles. The highest BCUT2D eigenvalue weighted by Crippen LogP contribution is 2.02. The standard InChI is InChI=1S/C9H17NO3/c1-2-3-4-9(11)13-10-5-7-12-8-6-10/h2-8H2,1H3. The number of morpholine rings is 1. The zero-order valence-electron chi connectivity index (χ0n) is 8.12. The molecular formula is C9H17NO3. The van der Waals surface area contributed by atoms with E-state index in [9.17, 15) is 4.79 Å². The first-order chi connectivity index (χ1) is 6.33. The average molecular weight is 187 g/mol. The van der Waals surface area contributed by atoms with Crippen molar-refractivity contribution in [1.82, 2.24) is 5.06 Å². The second-order valence-electron chi connectivity index (χ2n) is 3.11. The van der Waals surface area contributed by atoms with Crippen LogP contribution in [-0.2, 0) is 14.4 Å². The van der Waals surface area contributed by atoms with Gasteiger partial charge in [0.2, 0.25) is 0 Å². The van der Waals surface area contributed by atoms with E-state index in [0.29, 0.717) is 32.7 Å². The summed E-state index contributed by atoms with van der Waals surface area (Å²) in [6.07, 6.45) is 2.45. The Kier molecular flexibility index (Phi) is 4.78. The van der Waals surface area contributed by atoms with E-state index < -0.39 is 0 Å². The predicted molar refractivity (Wildman–Crippen MR) is 48.0 cm³/mol. The number of carbonyl (C=O) groups excluding carboxylic acids is 1. The second-order valence-corrected chi connectivity index (χ2v) is 3.11. The summed E-state index contributed by atoms with van der Waals surface area (Å²) in [4.78, 5) is 16.3. The topological polar surface area (TPSA) is 38.8 Å². The monoisotopic (exact) mass is 187 g/mol. The number of carbonyl (C=O) groups is 1. The van der Waals surface area contributed by atoms with Crippen LogP contribution in [0, 0.1) is 0 Å². The second kappa shape index (κ2) is 5.94. The van der Waals surface area contributed by atoms with Crippen LogP contribution in [0.3, 0.4) is 0 Å². The Morgan fingerprint density at radius 2 is 2.15 bits per heavy atom. The molecule has 76 valence electrons. The van der Waals surface area contributed by atoms with Crippen LogP contribution in [-0.4, -0.2) is 37.3 Å². The molecule has 0 aliphatic carbocycles. The van der Waals surface area contributed by atoms with Gasteiger partial charge in [-0.3, -0.25) is 4.79 Å². The summed E-state index contributed by atoms with van der Waals surface area (Å²) in [5, 5.41) is 1.68. The van der Waals surface area contributed by atoms with Crippen molar-refractivity contribution in [2.75, 3.05) is 26.3 Å². The minimum atomic E-state index is -0.122. The van der Waals surface area contributed by atoms with Crippen molar-refractivity contribution < 1.29 is 14.4 Å². The fourth-order valence-corrected chi connectivity index (χ4v) is 1.15. The lowest BCUT2D eigenvalue weighted by atomic mass is 10.3. The van der Waals surface area contributed by atoms with E-state index in [1.54, 1.807) is 5.06 Å². The predicted octanol–water partition coefficient (Wildman–Crippen LogP) is 0.967. The lowest BCUT2D eigenvalue weighted by molar-refractivity contribution is -0.205. The quantitative estimate of drug-likeness (QED) is 0.657. The fourth-order valence-electron chi connectivity index (χ4n) is 1.15. The summed E-state index contributed by atoms with van der Waals surface area (Å²) in [5.41, 5.74) is 0. The van der Waals surface area contributed by atoms with Crippen LogP contribution in [0.15, 0.2) is 0 Å². The number of hydroxylamine groups is 2. The fraction of sp³-hybridized carbons (Fsp3) is 0.889. The van der Waals surface area contributed by atoms with Gasteiger partial charge in [0.25, 0.3) is 0 Å². The maximum Gasteiger partial charge on any atom is 0.325 e. The minimum absolute atomic E-state index is 0.122. The number of nitrogens with zero attached hydrogens (tertiary/aromatic N) is 1. The summed E-state index contributed by atoms with van der Waals surface area (Å²) in [6.45, 7) is 4.75. The zero-order valence-corrected chi connectivity index (χ0v) is 8.12. The minimum Gasteiger partial charge on any atom is -0.379 e. The van der Waals surface area contributed by atoms with Crippen LogP contribution < -0.4 is 0 Å². The van der Waals surface area contributed by atoms with E-state index in [2.05, 4.69) is 6.92 Å². The van der Waals surface area contributed by atoms with Gasteiger partial charge in [0.15, 0.2) is 0 Å². The molecule has 0 radical (unpaired) electrons. The van der Waals surface area contributed by atoms with E-state index in [1.807, 2.05) is 0 Å². The van der Waals surface area contributed by atoms with Crippen molar-refractivity contribution in [3.63, 3.8) is 0 Å². The Labute approximate surface area is 78.8 Å². The smallest absolute Gasteiger partial charge is 0.325 e. The SMILES string of the molecule is CCCCC(=O)ON1CCOCC1. The molecule has 0 atom stereocenters. The maximum atomic E-state index is 11.2. The molecule has 0 spiro atoms. The molecule has 0 aromatic heterocycles. The van der Waals surface area contributed by atoms with Gasteiger partial charge >= 0.3 is 5.97 Å². The van der Waals surface area contributed by atoms with Gasteiger partial charge in [-0.15, -0.1) is 5.06 Å². The molecule has 13 heavy (non-hydrogen) atoms. The molecule has 0 bridgehead atoms. The van der Waals surface area contributed by atoms with Crippen LogP contribution >= 0.6 is 0 Å². The van der Waals surface area contributed by atoms with Gasteiger partial charge in [-0.25, -0.2) is 0 Å². The van der Waals surface area contributed by atoms with Crippen LogP contribution in [0.1, 0.15) is 26.2 Å². The van der Waals surface area contributed by atoms with Gasteiger partial charge in [0.05, 0.1) is 26.3 Å². The van der Waals surface area contributed by atoms with Gasteiger partial charge in [0, 0.05) is 6.42 Å². The van der Waals surface area contributed by atoms with Gasteiger partial charge in [0.1, 0.15) is 0 Å². The van der Waals surface area contributed by atoms with Gasteiger partial charge in [-0.1, -0.05) is 13.3 Å². The molecule has 1 heterocycles. The van der Waals surface area contributed by atoms with Crippen LogP contribution in [0.5, 0.6) is 0 Å². The average Bonchev–Trinajstić information content (AvgIpc) is 2.16. The number of unbranched alkanes of at least 4 members (excludes halogenated alkanes) is 1. The molecule has 0 N–H and O–H groups in total. The van der Waals surface area contributed by atoms with Crippen molar-refractivity contribution in [2.45, 2.75) is 26.2 Å². The van der Waals surface area contributed by atoms with E-state index in [1.165, 1.54) is 0 Å². The van der Waals surface area contributed by atoms with Crippen molar-refractivity contribution in [3.8, 4) is 0 Å². The Hall–Kier alpha value is -0.610. The van der Waals surface area contributed by atoms with Crippen LogP contribution in [0.2, 0.25) is 0 Å². The van der Waals surface area contributed by atoms with Crippen LogP contribution in [0.25, 0.3) is 0 Å². The molecule has 1 fully saturated rings. The Morgan fingerprint density at radius 3 is 2.77 bits per heavy atom. The van der Waals surface area contributed by atoms with E-state index in [0.717, 1.165) is 12.8 Å². The molecule has 1 rings (SSSR count). The Balaban J connectivity index is 2.11. The maximum absolute atomic E-state index is 11.2. The lowest BCUT2D eigenvalue weighted by Crippen LogP contribution is -2.37. The third kappa shape index (κ3) is 4.24. The first kappa shape index (κ1) is 10.5.